The molecule has 1 aromatic heterocycles. The van der Waals surface area contributed by atoms with Crippen molar-refractivity contribution < 1.29 is 8.42 Å². The van der Waals surface area contributed by atoms with Crippen LogP contribution in [0.25, 0.3) is 0 Å². The van der Waals surface area contributed by atoms with Crippen molar-refractivity contribution in [1.82, 2.24) is 9.97 Å². The number of nitrogens with zero attached hydrogens (tertiary/aromatic N) is 2. The number of primary sulfonamides is 1. The predicted molar refractivity (Wildman–Crippen MR) is 76.9 cm³/mol. The number of rotatable bonds is 4. The molecule has 6 nitrogen and oxygen atoms in total. The van der Waals surface area contributed by atoms with Gasteiger partial charge < -0.3 is 5.32 Å². The molecule has 0 aliphatic rings. The third kappa shape index (κ3) is 3.66. The zero-order valence-electron chi connectivity index (χ0n) is 10.6. The van der Waals surface area contributed by atoms with Gasteiger partial charge in [0, 0.05) is 0 Å². The normalized spacial score (nSPS) is 12.9. The van der Waals surface area contributed by atoms with E-state index in [4.69, 9.17) is 16.7 Å². The minimum Gasteiger partial charge on any atom is -0.362 e. The minimum atomic E-state index is -3.72. The highest BCUT2D eigenvalue weighted by Gasteiger charge is 2.12. The van der Waals surface area contributed by atoms with E-state index in [1.165, 1.54) is 24.5 Å². The molecule has 2 aromatic rings. The Morgan fingerprint density at radius 1 is 1.35 bits per heavy atom. The van der Waals surface area contributed by atoms with Crippen molar-refractivity contribution in [2.75, 3.05) is 5.32 Å². The number of halogens is 1. The minimum absolute atomic E-state index is 0.0702. The number of hydrogen-bond acceptors (Lipinski definition) is 5. The molecular formula is C12H13ClN4O2S. The Bertz CT molecular complexity index is 721. The first-order valence-electron chi connectivity index (χ1n) is 5.73. The van der Waals surface area contributed by atoms with Crippen LogP contribution in [-0.4, -0.2) is 18.4 Å². The number of hydrogen-bond donors (Lipinski definition) is 2. The van der Waals surface area contributed by atoms with Gasteiger partial charge in [0.1, 0.15) is 11.0 Å². The SMILES string of the molecule is C[C@@H](Nc1cncc(Cl)n1)c1cccc(S(N)(=O)=O)c1. The number of aromatic nitrogens is 2. The van der Waals surface area contributed by atoms with E-state index >= 15 is 0 Å². The maximum atomic E-state index is 11.3. The molecule has 1 heterocycles. The largest absolute Gasteiger partial charge is 0.362 e. The van der Waals surface area contributed by atoms with Gasteiger partial charge in [0.05, 0.1) is 23.3 Å². The van der Waals surface area contributed by atoms with Crippen LogP contribution in [0.2, 0.25) is 5.15 Å². The van der Waals surface area contributed by atoms with Crippen molar-refractivity contribution in [1.29, 1.82) is 0 Å². The van der Waals surface area contributed by atoms with Crippen LogP contribution in [0.5, 0.6) is 0 Å². The first-order chi connectivity index (χ1) is 9.36. The maximum absolute atomic E-state index is 11.3. The van der Waals surface area contributed by atoms with Crippen molar-refractivity contribution in [3.8, 4) is 0 Å². The summed E-state index contributed by atoms with van der Waals surface area (Å²) in [6.07, 6.45) is 2.96. The highest BCUT2D eigenvalue weighted by molar-refractivity contribution is 7.89. The highest BCUT2D eigenvalue weighted by Crippen LogP contribution is 2.20. The van der Waals surface area contributed by atoms with Gasteiger partial charge in [-0.1, -0.05) is 23.7 Å². The van der Waals surface area contributed by atoms with Gasteiger partial charge in [0.15, 0.2) is 0 Å². The smallest absolute Gasteiger partial charge is 0.238 e. The molecule has 1 atom stereocenters. The van der Waals surface area contributed by atoms with Gasteiger partial charge in [0.2, 0.25) is 10.0 Å². The van der Waals surface area contributed by atoms with Crippen LogP contribution in [-0.2, 0) is 10.0 Å². The molecule has 0 aliphatic heterocycles. The first-order valence-corrected chi connectivity index (χ1v) is 7.65. The van der Waals surface area contributed by atoms with Gasteiger partial charge in [-0.2, -0.15) is 0 Å². The Morgan fingerprint density at radius 2 is 2.10 bits per heavy atom. The van der Waals surface area contributed by atoms with E-state index < -0.39 is 10.0 Å². The average Bonchev–Trinajstić information content (AvgIpc) is 2.38. The summed E-state index contributed by atoms with van der Waals surface area (Å²) in [5.74, 6) is 0.506. The lowest BCUT2D eigenvalue weighted by atomic mass is 10.1. The third-order valence-corrected chi connectivity index (χ3v) is 3.75. The second-order valence-corrected chi connectivity index (χ2v) is 6.16. The zero-order valence-corrected chi connectivity index (χ0v) is 12.2. The van der Waals surface area contributed by atoms with Crippen LogP contribution in [0.15, 0.2) is 41.6 Å². The lowest BCUT2D eigenvalue weighted by molar-refractivity contribution is 0.597. The summed E-state index contributed by atoms with van der Waals surface area (Å²) >= 11 is 5.75. The van der Waals surface area contributed by atoms with Crippen molar-refractivity contribution >= 4 is 27.4 Å². The molecule has 0 unspecified atom stereocenters. The number of nitrogens with two attached hydrogens (primary N) is 1. The van der Waals surface area contributed by atoms with E-state index in [-0.39, 0.29) is 16.1 Å². The van der Waals surface area contributed by atoms with Gasteiger partial charge in [-0.15, -0.1) is 0 Å². The summed E-state index contributed by atoms with van der Waals surface area (Å²) in [4.78, 5) is 8.04. The van der Waals surface area contributed by atoms with Crippen LogP contribution >= 0.6 is 11.6 Å². The Morgan fingerprint density at radius 3 is 2.75 bits per heavy atom. The number of benzene rings is 1. The topological polar surface area (TPSA) is 98.0 Å². The fraction of sp³-hybridized carbons (Fsp3) is 0.167. The molecule has 0 amide bonds. The summed E-state index contributed by atoms with van der Waals surface area (Å²) in [5.41, 5.74) is 0.762. The van der Waals surface area contributed by atoms with E-state index in [0.717, 1.165) is 5.56 Å². The molecule has 0 saturated heterocycles. The lowest BCUT2D eigenvalue weighted by Gasteiger charge is -2.15. The zero-order chi connectivity index (χ0) is 14.8. The second kappa shape index (κ2) is 5.74. The van der Waals surface area contributed by atoms with Crippen molar-refractivity contribution in [3.05, 3.63) is 47.4 Å². The van der Waals surface area contributed by atoms with Crippen molar-refractivity contribution in [2.24, 2.45) is 5.14 Å². The molecule has 0 radical (unpaired) electrons. The monoisotopic (exact) mass is 312 g/mol. The van der Waals surface area contributed by atoms with E-state index in [9.17, 15) is 8.42 Å². The molecule has 8 heteroatoms. The van der Waals surface area contributed by atoms with Crippen LogP contribution in [0.1, 0.15) is 18.5 Å². The molecule has 3 N–H and O–H groups in total. The molecule has 0 bridgehead atoms. The Balaban J connectivity index is 2.23. The molecule has 0 aliphatic carbocycles. The molecule has 0 saturated carbocycles. The number of nitrogens with one attached hydrogen (secondary N) is 1. The summed E-state index contributed by atoms with van der Waals surface area (Å²) in [7, 11) is -3.72. The van der Waals surface area contributed by atoms with Gasteiger partial charge >= 0.3 is 0 Å². The van der Waals surface area contributed by atoms with E-state index in [1.54, 1.807) is 12.1 Å². The van der Waals surface area contributed by atoms with Crippen molar-refractivity contribution in [3.63, 3.8) is 0 Å². The van der Waals surface area contributed by atoms with E-state index in [0.29, 0.717) is 5.82 Å². The Labute approximate surface area is 122 Å². The fourth-order valence-corrected chi connectivity index (χ4v) is 2.39. The second-order valence-electron chi connectivity index (χ2n) is 4.21. The van der Waals surface area contributed by atoms with Gasteiger partial charge in [-0.05, 0) is 24.6 Å². The third-order valence-electron chi connectivity index (χ3n) is 2.66. The molecule has 0 spiro atoms. The van der Waals surface area contributed by atoms with E-state index in [2.05, 4.69) is 15.3 Å². The van der Waals surface area contributed by atoms with Gasteiger partial charge in [0.25, 0.3) is 0 Å². The van der Waals surface area contributed by atoms with Crippen LogP contribution < -0.4 is 10.5 Å². The first kappa shape index (κ1) is 14.7. The predicted octanol–water partition coefficient (Wildman–Crippen LogP) is 1.95. The van der Waals surface area contributed by atoms with Crippen molar-refractivity contribution in [2.45, 2.75) is 17.9 Å². The molecule has 20 heavy (non-hydrogen) atoms. The number of sulfonamides is 1. The summed E-state index contributed by atoms with van der Waals surface area (Å²) in [5, 5.41) is 8.47. The molecule has 1 aromatic carbocycles. The average molecular weight is 313 g/mol. The molecule has 2 rings (SSSR count). The molecule has 0 fully saturated rings. The highest BCUT2D eigenvalue weighted by atomic mass is 35.5. The fourth-order valence-electron chi connectivity index (χ4n) is 1.68. The maximum Gasteiger partial charge on any atom is 0.238 e. The van der Waals surface area contributed by atoms with Gasteiger partial charge in [-0.25, -0.2) is 18.5 Å². The van der Waals surface area contributed by atoms with Gasteiger partial charge in [-0.3, -0.25) is 4.98 Å². The lowest BCUT2D eigenvalue weighted by Crippen LogP contribution is -2.14. The van der Waals surface area contributed by atoms with Crippen LogP contribution in [0, 0.1) is 0 Å². The quantitative estimate of drug-likeness (QED) is 0.899. The molecular weight excluding hydrogens is 300 g/mol. The summed E-state index contributed by atoms with van der Waals surface area (Å²) in [6, 6.07) is 6.22. The van der Waals surface area contributed by atoms with E-state index in [1.807, 2.05) is 6.92 Å². The molecule has 106 valence electrons. The standard InChI is InChI=1S/C12H13ClN4O2S/c1-8(16-12-7-15-6-11(13)17-12)9-3-2-4-10(5-9)20(14,18)19/h2-8H,1H3,(H,16,17)(H2,14,18,19)/t8-/m1/s1. The van der Waals surface area contributed by atoms with Crippen LogP contribution in [0.4, 0.5) is 5.82 Å². The number of anilines is 1. The summed E-state index contributed by atoms with van der Waals surface area (Å²) in [6.45, 7) is 1.87. The Kier molecular flexibility index (Phi) is 4.22. The summed E-state index contributed by atoms with van der Waals surface area (Å²) < 4.78 is 22.7. The van der Waals surface area contributed by atoms with Crippen LogP contribution in [0.3, 0.4) is 0 Å². The Hall–Kier alpha value is -1.70.